The van der Waals surface area contributed by atoms with Gasteiger partial charge in [-0.3, -0.25) is 9.78 Å². The minimum absolute atomic E-state index is 0.0424. The lowest BCUT2D eigenvalue weighted by atomic mass is 9.89. The Morgan fingerprint density at radius 3 is 2.47 bits per heavy atom. The highest BCUT2D eigenvalue weighted by atomic mass is 19.4. The fourth-order valence-electron chi connectivity index (χ4n) is 4.08. The van der Waals surface area contributed by atoms with Crippen molar-refractivity contribution < 1.29 is 22.7 Å². The van der Waals surface area contributed by atoms with E-state index in [0.717, 1.165) is 49.7 Å². The second-order valence-corrected chi connectivity index (χ2v) is 8.81. The quantitative estimate of drug-likeness (QED) is 0.330. The monoisotopic (exact) mass is 521 g/mol. The number of nitrogens with one attached hydrogen (secondary N) is 2. The normalized spacial score (nSPS) is 16.0. The van der Waals surface area contributed by atoms with Gasteiger partial charge in [-0.15, -0.1) is 0 Å². The molecule has 1 aliphatic carbocycles. The van der Waals surface area contributed by atoms with E-state index >= 15 is 0 Å². The average Bonchev–Trinajstić information content (AvgIpc) is 2.91. The molecule has 0 bridgehead atoms. The maximum absolute atomic E-state index is 12.7. The maximum atomic E-state index is 12.7. The smallest absolute Gasteiger partial charge is 0.417 e. The summed E-state index contributed by atoms with van der Waals surface area (Å²) in [7, 11) is 0. The largest absolute Gasteiger partial charge is 0.439 e. The lowest BCUT2D eigenvalue weighted by molar-refractivity contribution is -0.137. The molecule has 4 rings (SSSR count). The van der Waals surface area contributed by atoms with Gasteiger partial charge < -0.3 is 21.2 Å². The summed E-state index contributed by atoms with van der Waals surface area (Å²) in [5.41, 5.74) is 8.22. The van der Waals surface area contributed by atoms with Gasteiger partial charge in [0.2, 0.25) is 5.88 Å². The van der Waals surface area contributed by atoms with Crippen LogP contribution in [0.25, 0.3) is 11.6 Å². The number of carbonyl (C=O) groups is 1. The summed E-state index contributed by atoms with van der Waals surface area (Å²) in [6, 6.07) is 12.7. The number of amides is 1. The predicted octanol–water partition coefficient (Wildman–Crippen LogP) is 5.99. The van der Waals surface area contributed by atoms with Crippen molar-refractivity contribution >= 4 is 23.8 Å². The molecule has 0 unspecified atom stereocenters. The first kappa shape index (κ1) is 26.6. The van der Waals surface area contributed by atoms with E-state index in [2.05, 4.69) is 21.4 Å². The summed E-state index contributed by atoms with van der Waals surface area (Å²) in [6.07, 6.45) is 5.46. The number of benzene rings is 1. The fourth-order valence-corrected chi connectivity index (χ4v) is 4.08. The molecule has 1 saturated carbocycles. The van der Waals surface area contributed by atoms with Crippen LogP contribution in [0.4, 0.5) is 13.2 Å². The Morgan fingerprint density at radius 1 is 1.08 bits per heavy atom. The summed E-state index contributed by atoms with van der Waals surface area (Å²) < 4.78 is 43.8. The summed E-state index contributed by atoms with van der Waals surface area (Å²) in [6.45, 7) is 0. The molecule has 0 spiro atoms. The molecule has 1 aromatic carbocycles. The standard InChI is InChI=1S/C28H26F3N5O2/c29-28(30,31)22-7-11-26(35-17-22)38-24-3-1-2-19(13-24)12-18-4-8-23(9-5-18)36-27(37)20-6-10-25(34-16-20)21(14-32)15-33/h1-3,6-7,10-17,23,32H,4-5,8-9,33H2,(H,36,37)/b18-12?,21-15+,32-14?. The third kappa shape index (κ3) is 6.84. The first-order valence-electron chi connectivity index (χ1n) is 12.0. The third-order valence-corrected chi connectivity index (χ3v) is 6.13. The van der Waals surface area contributed by atoms with Crippen molar-refractivity contribution in [3.8, 4) is 11.6 Å². The molecule has 1 aliphatic rings. The van der Waals surface area contributed by atoms with Crippen molar-refractivity contribution in [2.24, 2.45) is 5.73 Å². The lowest BCUT2D eigenvalue weighted by Gasteiger charge is -2.25. The van der Waals surface area contributed by atoms with Gasteiger partial charge in [0.1, 0.15) is 5.75 Å². The van der Waals surface area contributed by atoms with Crippen LogP contribution < -0.4 is 15.8 Å². The molecule has 0 aliphatic heterocycles. The van der Waals surface area contributed by atoms with Crippen molar-refractivity contribution in [3.05, 3.63) is 95.1 Å². The Balaban J connectivity index is 1.31. The van der Waals surface area contributed by atoms with Gasteiger partial charge in [0.05, 0.1) is 16.8 Å². The Bertz CT molecular complexity index is 1340. The number of aromatic nitrogens is 2. The van der Waals surface area contributed by atoms with E-state index in [9.17, 15) is 18.0 Å². The molecule has 1 amide bonds. The first-order chi connectivity index (χ1) is 18.2. The number of nitrogens with two attached hydrogens (primary N) is 1. The Labute approximate surface area is 217 Å². The molecule has 0 saturated heterocycles. The van der Waals surface area contributed by atoms with E-state index in [-0.39, 0.29) is 17.8 Å². The zero-order valence-corrected chi connectivity index (χ0v) is 20.3. The minimum atomic E-state index is -4.45. The number of ether oxygens (including phenoxy) is 1. The summed E-state index contributed by atoms with van der Waals surface area (Å²) in [4.78, 5) is 20.6. The predicted molar refractivity (Wildman–Crippen MR) is 139 cm³/mol. The van der Waals surface area contributed by atoms with Crippen LogP contribution in [0, 0.1) is 5.41 Å². The Morgan fingerprint density at radius 2 is 1.87 bits per heavy atom. The van der Waals surface area contributed by atoms with Gasteiger partial charge in [0.25, 0.3) is 5.91 Å². The maximum Gasteiger partial charge on any atom is 0.417 e. The number of hydrogen-bond acceptors (Lipinski definition) is 6. The summed E-state index contributed by atoms with van der Waals surface area (Å²) in [5, 5.41) is 10.4. The third-order valence-electron chi connectivity index (χ3n) is 6.13. The van der Waals surface area contributed by atoms with Gasteiger partial charge in [-0.2, -0.15) is 13.2 Å². The molecule has 7 nitrogen and oxygen atoms in total. The SMILES string of the molecule is N=C/C(=C\N)c1ccc(C(=O)NC2CCC(=Cc3cccc(Oc4ccc(C(F)(F)F)cn4)c3)CC2)cn1. The van der Waals surface area contributed by atoms with E-state index in [1.807, 2.05) is 12.1 Å². The molecular weight excluding hydrogens is 495 g/mol. The van der Waals surface area contributed by atoms with Gasteiger partial charge in [0.15, 0.2) is 0 Å². The van der Waals surface area contributed by atoms with Crippen LogP contribution in [0.3, 0.4) is 0 Å². The lowest BCUT2D eigenvalue weighted by Crippen LogP contribution is -2.36. The van der Waals surface area contributed by atoms with Crippen LogP contribution >= 0.6 is 0 Å². The summed E-state index contributed by atoms with van der Waals surface area (Å²) >= 11 is 0. The number of rotatable bonds is 7. The van der Waals surface area contributed by atoms with Gasteiger partial charge in [-0.1, -0.05) is 23.8 Å². The van der Waals surface area contributed by atoms with Crippen LogP contribution in [0.2, 0.25) is 0 Å². The highest BCUT2D eigenvalue weighted by Gasteiger charge is 2.30. The highest BCUT2D eigenvalue weighted by molar-refractivity contribution is 6.07. The molecule has 2 aromatic heterocycles. The van der Waals surface area contributed by atoms with Gasteiger partial charge in [0, 0.05) is 42.5 Å². The minimum Gasteiger partial charge on any atom is -0.439 e. The second kappa shape index (κ2) is 11.7. The molecule has 3 aromatic rings. The van der Waals surface area contributed by atoms with E-state index in [1.165, 1.54) is 24.0 Å². The topological polar surface area (TPSA) is 114 Å². The number of carbonyl (C=O) groups excluding carboxylic acids is 1. The molecule has 4 N–H and O–H groups in total. The number of pyridine rings is 2. The highest BCUT2D eigenvalue weighted by Crippen LogP contribution is 2.31. The Kier molecular flexibility index (Phi) is 8.20. The Hall–Kier alpha value is -4.47. The molecular formula is C28H26F3N5O2. The van der Waals surface area contributed by atoms with Crippen molar-refractivity contribution in [1.82, 2.24) is 15.3 Å². The van der Waals surface area contributed by atoms with Crippen LogP contribution in [0.1, 0.15) is 52.9 Å². The molecule has 2 heterocycles. The zero-order valence-electron chi connectivity index (χ0n) is 20.3. The van der Waals surface area contributed by atoms with Crippen LogP contribution in [-0.4, -0.2) is 28.1 Å². The summed E-state index contributed by atoms with van der Waals surface area (Å²) in [5.74, 6) is 0.355. The molecule has 1 fully saturated rings. The van der Waals surface area contributed by atoms with Gasteiger partial charge in [-0.05, 0) is 61.6 Å². The molecule has 10 heteroatoms. The second-order valence-electron chi connectivity index (χ2n) is 8.81. The number of nitrogens with zero attached hydrogens (tertiary/aromatic N) is 2. The van der Waals surface area contributed by atoms with E-state index in [1.54, 1.807) is 24.3 Å². The molecule has 196 valence electrons. The molecule has 0 atom stereocenters. The fraction of sp³-hybridized carbons (Fsp3) is 0.214. The van der Waals surface area contributed by atoms with Crippen LogP contribution in [-0.2, 0) is 6.18 Å². The number of alkyl halides is 3. The van der Waals surface area contributed by atoms with Crippen molar-refractivity contribution in [3.63, 3.8) is 0 Å². The van der Waals surface area contributed by atoms with Crippen molar-refractivity contribution in [1.29, 1.82) is 5.41 Å². The number of allylic oxidation sites excluding steroid dienone is 2. The molecule has 0 radical (unpaired) electrons. The number of halogens is 3. The zero-order chi connectivity index (χ0) is 27.1. The van der Waals surface area contributed by atoms with E-state index in [0.29, 0.717) is 22.6 Å². The van der Waals surface area contributed by atoms with Crippen LogP contribution in [0.15, 0.2) is 72.7 Å². The average molecular weight is 522 g/mol. The van der Waals surface area contributed by atoms with Crippen LogP contribution in [0.5, 0.6) is 11.6 Å². The molecule has 38 heavy (non-hydrogen) atoms. The van der Waals surface area contributed by atoms with Gasteiger partial charge >= 0.3 is 6.18 Å². The number of hydrogen-bond donors (Lipinski definition) is 3. The van der Waals surface area contributed by atoms with Crippen molar-refractivity contribution in [2.75, 3.05) is 0 Å². The van der Waals surface area contributed by atoms with E-state index in [4.69, 9.17) is 15.9 Å². The van der Waals surface area contributed by atoms with E-state index < -0.39 is 11.7 Å². The van der Waals surface area contributed by atoms with Gasteiger partial charge in [-0.25, -0.2) is 4.98 Å². The van der Waals surface area contributed by atoms with Crippen molar-refractivity contribution in [2.45, 2.75) is 37.9 Å². The first-order valence-corrected chi connectivity index (χ1v) is 12.0.